The zero-order valence-corrected chi connectivity index (χ0v) is 11.2. The molecule has 1 aromatic heterocycles. The van der Waals surface area contributed by atoms with Crippen molar-refractivity contribution >= 4 is 17.4 Å². The summed E-state index contributed by atoms with van der Waals surface area (Å²) in [6.07, 6.45) is 5.91. The minimum atomic E-state index is 0.192. The van der Waals surface area contributed by atoms with Gasteiger partial charge in [-0.1, -0.05) is 24.4 Å². The van der Waals surface area contributed by atoms with Gasteiger partial charge in [0.05, 0.1) is 13.3 Å². The van der Waals surface area contributed by atoms with Gasteiger partial charge in [-0.3, -0.25) is 0 Å². The van der Waals surface area contributed by atoms with E-state index in [0.717, 1.165) is 19.3 Å². The number of nitrogens with one attached hydrogen (secondary N) is 1. The van der Waals surface area contributed by atoms with Gasteiger partial charge in [-0.15, -0.1) is 0 Å². The maximum atomic E-state index is 9.38. The third-order valence-electron chi connectivity index (χ3n) is 3.37. The minimum Gasteiger partial charge on any atom is -0.467 e. The Hall–Kier alpha value is -1.07. The van der Waals surface area contributed by atoms with E-state index in [2.05, 4.69) is 15.3 Å². The Balaban J connectivity index is 2.11. The molecule has 0 bridgehead atoms. The van der Waals surface area contributed by atoms with E-state index in [4.69, 9.17) is 16.3 Å². The molecule has 1 fully saturated rings. The van der Waals surface area contributed by atoms with Crippen molar-refractivity contribution in [3.8, 4) is 6.01 Å². The van der Waals surface area contributed by atoms with Crippen LogP contribution in [0.15, 0.2) is 6.20 Å². The topological polar surface area (TPSA) is 67.3 Å². The molecule has 2 rings (SSSR count). The number of ether oxygens (including phenoxy) is 1. The van der Waals surface area contributed by atoms with Crippen LogP contribution < -0.4 is 10.1 Å². The maximum absolute atomic E-state index is 9.38. The van der Waals surface area contributed by atoms with E-state index in [9.17, 15) is 5.11 Å². The molecule has 0 amide bonds. The SMILES string of the molecule is COc1ncc(Cl)c(NC2CCCCC2CO)n1. The summed E-state index contributed by atoms with van der Waals surface area (Å²) in [5.74, 6) is 0.838. The first-order valence-electron chi connectivity index (χ1n) is 6.18. The second-order valence-electron chi connectivity index (χ2n) is 4.53. The third-order valence-corrected chi connectivity index (χ3v) is 3.65. The molecule has 6 heteroatoms. The quantitative estimate of drug-likeness (QED) is 0.878. The molecule has 1 aliphatic carbocycles. The van der Waals surface area contributed by atoms with Crippen molar-refractivity contribution in [1.82, 2.24) is 9.97 Å². The van der Waals surface area contributed by atoms with Crippen LogP contribution in [0.2, 0.25) is 5.02 Å². The lowest BCUT2D eigenvalue weighted by atomic mass is 9.85. The van der Waals surface area contributed by atoms with E-state index in [0.29, 0.717) is 16.9 Å². The first-order valence-corrected chi connectivity index (χ1v) is 6.56. The summed E-state index contributed by atoms with van der Waals surface area (Å²) in [4.78, 5) is 8.13. The molecule has 2 atom stereocenters. The first-order chi connectivity index (χ1) is 8.74. The monoisotopic (exact) mass is 271 g/mol. The molecular weight excluding hydrogens is 254 g/mol. The number of aromatic nitrogens is 2. The van der Waals surface area contributed by atoms with Crippen LogP contribution in [0, 0.1) is 5.92 Å². The molecule has 0 saturated heterocycles. The van der Waals surface area contributed by atoms with Crippen LogP contribution in [-0.2, 0) is 0 Å². The average Bonchev–Trinajstić information content (AvgIpc) is 2.42. The lowest BCUT2D eigenvalue weighted by Crippen LogP contribution is -2.34. The molecule has 1 aliphatic rings. The zero-order valence-electron chi connectivity index (χ0n) is 10.4. The summed E-state index contributed by atoms with van der Waals surface area (Å²) in [6.45, 7) is 0.192. The minimum absolute atomic E-state index is 0.192. The lowest BCUT2D eigenvalue weighted by molar-refractivity contribution is 0.178. The zero-order chi connectivity index (χ0) is 13.0. The fourth-order valence-corrected chi connectivity index (χ4v) is 2.49. The van der Waals surface area contributed by atoms with Crippen molar-refractivity contribution < 1.29 is 9.84 Å². The second kappa shape index (κ2) is 6.20. The number of methoxy groups -OCH3 is 1. The van der Waals surface area contributed by atoms with Crippen LogP contribution in [0.3, 0.4) is 0 Å². The van der Waals surface area contributed by atoms with Gasteiger partial charge in [-0.25, -0.2) is 4.98 Å². The van der Waals surface area contributed by atoms with Crippen LogP contribution in [0.5, 0.6) is 6.01 Å². The Kier molecular flexibility index (Phi) is 4.60. The highest BCUT2D eigenvalue weighted by Crippen LogP contribution is 2.29. The molecule has 0 aromatic carbocycles. The first kappa shape index (κ1) is 13.4. The van der Waals surface area contributed by atoms with E-state index in [1.807, 2.05) is 0 Å². The molecule has 0 radical (unpaired) electrons. The van der Waals surface area contributed by atoms with Crippen LogP contribution >= 0.6 is 11.6 Å². The molecule has 5 nitrogen and oxygen atoms in total. The number of halogens is 1. The van der Waals surface area contributed by atoms with Crippen molar-refractivity contribution in [1.29, 1.82) is 0 Å². The van der Waals surface area contributed by atoms with E-state index < -0.39 is 0 Å². The van der Waals surface area contributed by atoms with Crippen molar-refractivity contribution in [3.05, 3.63) is 11.2 Å². The van der Waals surface area contributed by atoms with Crippen molar-refractivity contribution in [3.63, 3.8) is 0 Å². The summed E-state index contributed by atoms with van der Waals surface area (Å²) < 4.78 is 4.98. The number of hydrogen-bond acceptors (Lipinski definition) is 5. The number of nitrogens with zero attached hydrogens (tertiary/aromatic N) is 2. The highest BCUT2D eigenvalue weighted by molar-refractivity contribution is 6.32. The Labute approximate surface area is 112 Å². The third kappa shape index (κ3) is 3.03. The Bertz CT molecular complexity index is 403. The second-order valence-corrected chi connectivity index (χ2v) is 4.94. The number of anilines is 1. The molecule has 1 aromatic rings. The Morgan fingerprint density at radius 3 is 3.00 bits per heavy atom. The van der Waals surface area contributed by atoms with Gasteiger partial charge in [0.2, 0.25) is 0 Å². The summed E-state index contributed by atoms with van der Waals surface area (Å²) in [7, 11) is 1.52. The van der Waals surface area contributed by atoms with E-state index in [-0.39, 0.29) is 18.6 Å². The van der Waals surface area contributed by atoms with Gasteiger partial charge in [-0.2, -0.15) is 4.98 Å². The van der Waals surface area contributed by atoms with Crippen molar-refractivity contribution in [2.24, 2.45) is 5.92 Å². The van der Waals surface area contributed by atoms with Crippen molar-refractivity contribution in [2.45, 2.75) is 31.7 Å². The molecule has 2 unspecified atom stereocenters. The van der Waals surface area contributed by atoms with Gasteiger partial charge in [-0.05, 0) is 12.8 Å². The van der Waals surface area contributed by atoms with Crippen LogP contribution in [-0.4, -0.2) is 34.8 Å². The summed E-state index contributed by atoms with van der Waals surface area (Å²) in [6, 6.07) is 0.499. The van der Waals surface area contributed by atoms with Crippen molar-refractivity contribution in [2.75, 3.05) is 19.0 Å². The van der Waals surface area contributed by atoms with E-state index in [1.54, 1.807) is 0 Å². The van der Waals surface area contributed by atoms with Gasteiger partial charge in [0.15, 0.2) is 5.82 Å². The maximum Gasteiger partial charge on any atom is 0.318 e. The van der Waals surface area contributed by atoms with Crippen LogP contribution in [0.4, 0.5) is 5.82 Å². The van der Waals surface area contributed by atoms with Gasteiger partial charge in [0, 0.05) is 18.6 Å². The average molecular weight is 272 g/mol. The highest BCUT2D eigenvalue weighted by Gasteiger charge is 2.25. The smallest absolute Gasteiger partial charge is 0.318 e. The molecule has 0 spiro atoms. The van der Waals surface area contributed by atoms with Crippen LogP contribution in [0.25, 0.3) is 0 Å². The molecule has 1 heterocycles. The molecule has 18 heavy (non-hydrogen) atoms. The number of rotatable bonds is 4. The molecule has 0 aliphatic heterocycles. The van der Waals surface area contributed by atoms with Gasteiger partial charge in [0.1, 0.15) is 5.02 Å². The van der Waals surface area contributed by atoms with Gasteiger partial charge in [0.25, 0.3) is 0 Å². The van der Waals surface area contributed by atoms with Gasteiger partial charge < -0.3 is 15.2 Å². The summed E-state index contributed by atoms with van der Waals surface area (Å²) >= 11 is 6.06. The predicted octanol–water partition coefficient (Wildman–Crippen LogP) is 2.10. The van der Waals surface area contributed by atoms with E-state index in [1.165, 1.54) is 19.7 Å². The molecule has 1 saturated carbocycles. The molecule has 2 N–H and O–H groups in total. The molecule has 100 valence electrons. The Morgan fingerprint density at radius 2 is 2.28 bits per heavy atom. The van der Waals surface area contributed by atoms with E-state index >= 15 is 0 Å². The number of aliphatic hydroxyl groups excluding tert-OH is 1. The number of hydrogen-bond donors (Lipinski definition) is 2. The fraction of sp³-hybridized carbons (Fsp3) is 0.667. The highest BCUT2D eigenvalue weighted by atomic mass is 35.5. The molecular formula is C12H18ClN3O2. The predicted molar refractivity (Wildman–Crippen MR) is 70.0 cm³/mol. The normalized spacial score (nSPS) is 23.7. The standard InChI is InChI=1S/C12H18ClN3O2/c1-18-12-14-6-9(13)11(16-12)15-10-5-3-2-4-8(10)7-17/h6,8,10,17H,2-5,7H2,1H3,(H,14,15,16). The van der Waals surface area contributed by atoms with Crippen LogP contribution in [0.1, 0.15) is 25.7 Å². The van der Waals surface area contributed by atoms with Gasteiger partial charge >= 0.3 is 6.01 Å². The largest absolute Gasteiger partial charge is 0.467 e. The fourth-order valence-electron chi connectivity index (χ4n) is 2.34. The Morgan fingerprint density at radius 1 is 1.50 bits per heavy atom. The summed E-state index contributed by atoms with van der Waals surface area (Å²) in [5.41, 5.74) is 0. The number of aliphatic hydroxyl groups is 1. The lowest BCUT2D eigenvalue weighted by Gasteiger charge is -2.31. The summed E-state index contributed by atoms with van der Waals surface area (Å²) in [5, 5.41) is 13.2.